The van der Waals surface area contributed by atoms with E-state index in [0.29, 0.717) is 28.9 Å². The summed E-state index contributed by atoms with van der Waals surface area (Å²) in [5.41, 5.74) is 1.37. The van der Waals surface area contributed by atoms with Gasteiger partial charge in [0.15, 0.2) is 5.65 Å². The predicted octanol–water partition coefficient (Wildman–Crippen LogP) is 3.12. The highest BCUT2D eigenvalue weighted by atomic mass is 16.1. The third-order valence-electron chi connectivity index (χ3n) is 5.06. The van der Waals surface area contributed by atoms with Gasteiger partial charge in [0.25, 0.3) is 5.56 Å². The van der Waals surface area contributed by atoms with Crippen LogP contribution in [0.4, 0.5) is 5.95 Å². The van der Waals surface area contributed by atoms with Gasteiger partial charge < -0.3 is 4.90 Å². The number of benzene rings is 1. The van der Waals surface area contributed by atoms with E-state index < -0.39 is 0 Å². The third kappa shape index (κ3) is 2.92. The molecule has 0 spiro atoms. The third-order valence-corrected chi connectivity index (χ3v) is 5.06. The molecule has 0 amide bonds. The summed E-state index contributed by atoms with van der Waals surface area (Å²) in [6, 6.07) is 10.2. The van der Waals surface area contributed by atoms with Crippen LogP contribution in [0.25, 0.3) is 16.7 Å². The molecule has 0 saturated carbocycles. The van der Waals surface area contributed by atoms with Gasteiger partial charge in [-0.15, -0.1) is 0 Å². The quantitative estimate of drug-likeness (QED) is 0.780. The Balaban J connectivity index is 1.84. The Morgan fingerprint density at radius 1 is 1.16 bits per heavy atom. The maximum Gasteiger partial charge on any atom is 0.263 e. The highest BCUT2D eigenvalue weighted by Gasteiger charge is 2.24. The van der Waals surface area contributed by atoms with E-state index in [1.807, 2.05) is 30.3 Å². The van der Waals surface area contributed by atoms with E-state index in [0.717, 1.165) is 18.7 Å². The molecule has 1 fully saturated rings. The smallest absolute Gasteiger partial charge is 0.263 e. The van der Waals surface area contributed by atoms with E-state index in [1.54, 1.807) is 10.9 Å². The second-order valence-corrected chi connectivity index (χ2v) is 7.06. The summed E-state index contributed by atoms with van der Waals surface area (Å²) < 4.78 is 1.74. The fourth-order valence-electron chi connectivity index (χ4n) is 3.62. The first-order valence-electron chi connectivity index (χ1n) is 8.93. The number of fused-ring (bicyclic) bond motifs is 1. The average Bonchev–Trinajstić information content (AvgIpc) is 2.97. The Kier molecular flexibility index (Phi) is 4.03. The molecule has 0 radical (unpaired) electrons. The summed E-state index contributed by atoms with van der Waals surface area (Å²) >= 11 is 0. The van der Waals surface area contributed by atoms with Crippen molar-refractivity contribution >= 4 is 17.0 Å². The monoisotopic (exact) mass is 337 g/mol. The standard InChI is InChI=1S/C19H23N5O/c1-13-7-6-8-14(2)23(12-13)19-21-17-16(18(25)22-19)11-20-24(17)15-9-4-3-5-10-15/h3-5,9-11,13-14H,6-8,12H2,1-2H3,(H,21,22,25). The molecule has 25 heavy (non-hydrogen) atoms. The van der Waals surface area contributed by atoms with Gasteiger partial charge in [-0.1, -0.05) is 31.5 Å². The lowest BCUT2D eigenvalue weighted by molar-refractivity contribution is 0.540. The minimum atomic E-state index is -0.133. The fraction of sp³-hybridized carbons (Fsp3) is 0.421. The Morgan fingerprint density at radius 3 is 2.76 bits per heavy atom. The molecule has 2 unspecified atom stereocenters. The number of H-pyrrole nitrogens is 1. The maximum atomic E-state index is 12.6. The summed E-state index contributed by atoms with van der Waals surface area (Å²) in [7, 11) is 0. The summed E-state index contributed by atoms with van der Waals surface area (Å²) in [6.45, 7) is 5.38. The van der Waals surface area contributed by atoms with E-state index in [1.165, 1.54) is 12.8 Å². The molecule has 3 heterocycles. The highest BCUT2D eigenvalue weighted by molar-refractivity contribution is 5.76. The molecule has 6 heteroatoms. The number of aromatic amines is 1. The van der Waals surface area contributed by atoms with Crippen LogP contribution < -0.4 is 10.5 Å². The Hall–Kier alpha value is -2.63. The average molecular weight is 337 g/mol. The highest BCUT2D eigenvalue weighted by Crippen LogP contribution is 2.25. The van der Waals surface area contributed by atoms with Crippen molar-refractivity contribution in [1.29, 1.82) is 0 Å². The minimum absolute atomic E-state index is 0.133. The van der Waals surface area contributed by atoms with Crippen molar-refractivity contribution in [3.63, 3.8) is 0 Å². The zero-order valence-corrected chi connectivity index (χ0v) is 14.6. The molecule has 2 aromatic heterocycles. The number of hydrogen-bond donors (Lipinski definition) is 1. The Morgan fingerprint density at radius 2 is 1.96 bits per heavy atom. The van der Waals surface area contributed by atoms with Gasteiger partial charge in [0.1, 0.15) is 5.39 Å². The van der Waals surface area contributed by atoms with E-state index in [-0.39, 0.29) is 5.56 Å². The van der Waals surface area contributed by atoms with Crippen LogP contribution >= 0.6 is 0 Å². The van der Waals surface area contributed by atoms with Crippen LogP contribution in [0.3, 0.4) is 0 Å². The molecule has 1 saturated heterocycles. The van der Waals surface area contributed by atoms with Crippen LogP contribution in [0.15, 0.2) is 41.3 Å². The number of para-hydroxylation sites is 1. The fourth-order valence-corrected chi connectivity index (χ4v) is 3.62. The molecule has 3 aromatic rings. The molecule has 1 aromatic carbocycles. The molecule has 4 rings (SSSR count). The largest absolute Gasteiger partial charge is 0.339 e. The summed E-state index contributed by atoms with van der Waals surface area (Å²) in [6.07, 6.45) is 5.14. The molecule has 1 aliphatic rings. The summed E-state index contributed by atoms with van der Waals surface area (Å²) in [4.78, 5) is 22.6. The lowest BCUT2D eigenvalue weighted by Gasteiger charge is -2.29. The number of aromatic nitrogens is 4. The van der Waals surface area contributed by atoms with Crippen molar-refractivity contribution < 1.29 is 0 Å². The minimum Gasteiger partial charge on any atom is -0.339 e. The topological polar surface area (TPSA) is 66.8 Å². The van der Waals surface area contributed by atoms with Crippen LogP contribution in [0, 0.1) is 5.92 Å². The maximum absolute atomic E-state index is 12.6. The van der Waals surface area contributed by atoms with Gasteiger partial charge in [-0.05, 0) is 37.8 Å². The van der Waals surface area contributed by atoms with Gasteiger partial charge >= 0.3 is 0 Å². The van der Waals surface area contributed by atoms with E-state index in [4.69, 9.17) is 4.98 Å². The first-order valence-corrected chi connectivity index (χ1v) is 8.93. The van der Waals surface area contributed by atoms with Gasteiger partial charge in [0, 0.05) is 12.6 Å². The van der Waals surface area contributed by atoms with Crippen LogP contribution in [0.5, 0.6) is 0 Å². The number of rotatable bonds is 2. The molecule has 130 valence electrons. The summed E-state index contributed by atoms with van der Waals surface area (Å²) in [5.74, 6) is 1.24. The van der Waals surface area contributed by atoms with Gasteiger partial charge in [-0.2, -0.15) is 10.1 Å². The van der Waals surface area contributed by atoms with Crippen LogP contribution in [-0.4, -0.2) is 32.3 Å². The number of anilines is 1. The number of nitrogens with zero attached hydrogens (tertiary/aromatic N) is 4. The zero-order chi connectivity index (χ0) is 17.4. The predicted molar refractivity (Wildman–Crippen MR) is 99.3 cm³/mol. The second kappa shape index (κ2) is 6.35. The van der Waals surface area contributed by atoms with Gasteiger partial charge in [0.05, 0.1) is 11.9 Å². The lowest BCUT2D eigenvalue weighted by Crippen LogP contribution is -2.37. The van der Waals surface area contributed by atoms with E-state index in [2.05, 4.69) is 28.8 Å². The molecule has 0 aliphatic carbocycles. The molecule has 1 N–H and O–H groups in total. The van der Waals surface area contributed by atoms with Crippen molar-refractivity contribution in [2.24, 2.45) is 5.92 Å². The lowest BCUT2D eigenvalue weighted by atomic mass is 10.1. The van der Waals surface area contributed by atoms with Crippen LogP contribution in [-0.2, 0) is 0 Å². The molecule has 1 aliphatic heterocycles. The number of hydrogen-bond acceptors (Lipinski definition) is 4. The van der Waals surface area contributed by atoms with Crippen molar-refractivity contribution in [1.82, 2.24) is 19.7 Å². The van der Waals surface area contributed by atoms with Crippen molar-refractivity contribution in [3.8, 4) is 5.69 Å². The zero-order valence-electron chi connectivity index (χ0n) is 14.6. The van der Waals surface area contributed by atoms with Gasteiger partial charge in [-0.25, -0.2) is 4.68 Å². The van der Waals surface area contributed by atoms with Crippen LogP contribution in [0.1, 0.15) is 33.1 Å². The molecular formula is C19H23N5O. The Labute approximate surface area is 146 Å². The molecule has 0 bridgehead atoms. The van der Waals surface area contributed by atoms with Gasteiger partial charge in [-0.3, -0.25) is 9.78 Å². The van der Waals surface area contributed by atoms with E-state index >= 15 is 0 Å². The second-order valence-electron chi connectivity index (χ2n) is 7.06. The van der Waals surface area contributed by atoms with Crippen LogP contribution in [0.2, 0.25) is 0 Å². The molecular weight excluding hydrogens is 314 g/mol. The van der Waals surface area contributed by atoms with E-state index in [9.17, 15) is 4.79 Å². The van der Waals surface area contributed by atoms with Crippen molar-refractivity contribution in [2.75, 3.05) is 11.4 Å². The van der Waals surface area contributed by atoms with Crippen molar-refractivity contribution in [3.05, 3.63) is 46.9 Å². The Bertz CT molecular complexity index is 930. The normalized spacial score (nSPS) is 21.4. The number of nitrogens with one attached hydrogen (secondary N) is 1. The first-order chi connectivity index (χ1) is 12.1. The van der Waals surface area contributed by atoms with Crippen molar-refractivity contribution in [2.45, 2.75) is 39.2 Å². The molecule has 6 nitrogen and oxygen atoms in total. The molecule has 2 atom stereocenters. The summed E-state index contributed by atoms with van der Waals surface area (Å²) in [5, 5.41) is 4.90. The van der Waals surface area contributed by atoms with Gasteiger partial charge in [0.2, 0.25) is 5.95 Å². The SMILES string of the molecule is CC1CCCC(C)N(c2nc3c(cnn3-c3ccccc3)c(=O)[nH]2)C1. The first kappa shape index (κ1) is 15.9.